The number of carbonyl (C=O) groups is 1. The predicted octanol–water partition coefficient (Wildman–Crippen LogP) is 5.32. The molecule has 4 nitrogen and oxygen atoms in total. The molecule has 0 aliphatic heterocycles. The first-order chi connectivity index (χ1) is 11.8. The normalized spacial score (nSPS) is 11.0. The van der Waals surface area contributed by atoms with Crippen molar-refractivity contribution in [1.29, 1.82) is 0 Å². The molecule has 0 heterocycles. The molecule has 24 heavy (non-hydrogen) atoms. The van der Waals surface area contributed by atoms with Crippen LogP contribution in [0, 0.1) is 0 Å². The van der Waals surface area contributed by atoms with Crippen molar-refractivity contribution >= 4 is 5.97 Å². The van der Waals surface area contributed by atoms with E-state index < -0.39 is 5.97 Å². The largest absolute Gasteiger partial charge is 0.481 e. The van der Waals surface area contributed by atoms with Gasteiger partial charge in [0.05, 0.1) is 13.2 Å². The van der Waals surface area contributed by atoms with E-state index in [2.05, 4.69) is 0 Å². The van der Waals surface area contributed by atoms with Crippen molar-refractivity contribution in [2.45, 2.75) is 103 Å². The Hall–Kier alpha value is -0.610. The van der Waals surface area contributed by atoms with E-state index in [9.17, 15) is 4.79 Å². The van der Waals surface area contributed by atoms with E-state index in [1.54, 1.807) is 0 Å². The van der Waals surface area contributed by atoms with Gasteiger partial charge < -0.3 is 14.9 Å². The molecule has 2 N–H and O–H groups in total. The highest BCUT2D eigenvalue weighted by molar-refractivity contribution is 5.66. The third-order valence-corrected chi connectivity index (χ3v) is 4.41. The number of unbranched alkanes of at least 4 members (excludes halogenated alkanes) is 14. The predicted molar refractivity (Wildman–Crippen MR) is 99.4 cm³/mol. The quantitative estimate of drug-likeness (QED) is 0.293. The summed E-state index contributed by atoms with van der Waals surface area (Å²) in [5.41, 5.74) is 0. The zero-order chi connectivity index (χ0) is 17.7. The van der Waals surface area contributed by atoms with Crippen LogP contribution in [0.1, 0.15) is 103 Å². The fourth-order valence-corrected chi connectivity index (χ4v) is 2.95. The van der Waals surface area contributed by atoms with Gasteiger partial charge in [0.15, 0.2) is 0 Å². The maximum Gasteiger partial charge on any atom is 0.303 e. The van der Waals surface area contributed by atoms with Crippen molar-refractivity contribution in [2.24, 2.45) is 0 Å². The van der Waals surface area contributed by atoms with E-state index >= 15 is 0 Å². The molecule has 0 aliphatic rings. The lowest BCUT2D eigenvalue weighted by atomic mass is 10.0. The van der Waals surface area contributed by atoms with Gasteiger partial charge >= 0.3 is 5.97 Å². The van der Waals surface area contributed by atoms with Crippen LogP contribution in [0.2, 0.25) is 0 Å². The number of hydrogen-bond acceptors (Lipinski definition) is 3. The molecule has 0 aromatic rings. The summed E-state index contributed by atoms with van der Waals surface area (Å²) in [6.07, 6.45) is 19.2. The number of carboxylic acids is 1. The number of ether oxygens (including phenoxy) is 1. The highest BCUT2D eigenvalue weighted by Gasteiger charge is 1.97. The highest BCUT2D eigenvalue weighted by Crippen LogP contribution is 2.13. The Kier molecular flexibility index (Phi) is 19.9. The molecule has 0 aliphatic carbocycles. The van der Waals surface area contributed by atoms with Gasteiger partial charge in [-0.2, -0.15) is 0 Å². The zero-order valence-electron chi connectivity index (χ0n) is 15.6. The molecule has 0 unspecified atom stereocenters. The lowest BCUT2D eigenvalue weighted by Gasteiger charge is -2.04. The second-order valence-electron chi connectivity index (χ2n) is 6.78. The van der Waals surface area contributed by atoms with E-state index in [0.29, 0.717) is 13.0 Å². The molecule has 0 bridgehead atoms. The molecule has 0 amide bonds. The maximum absolute atomic E-state index is 10.4. The SMILES string of the molecule is O=C(O)CCCCCCCCCCCCCCCCCOCCO. The van der Waals surface area contributed by atoms with Gasteiger partial charge in [0, 0.05) is 13.0 Å². The fourth-order valence-electron chi connectivity index (χ4n) is 2.95. The van der Waals surface area contributed by atoms with Crippen molar-refractivity contribution in [2.75, 3.05) is 19.8 Å². The Labute approximate surface area is 149 Å². The first-order valence-corrected chi connectivity index (χ1v) is 10.2. The minimum atomic E-state index is -0.665. The van der Waals surface area contributed by atoms with E-state index in [1.807, 2.05) is 0 Å². The summed E-state index contributed by atoms with van der Waals surface area (Å²) in [6.45, 7) is 1.40. The standard InChI is InChI=1S/C20H40O4/c21-17-19-24-18-15-13-11-9-7-5-3-1-2-4-6-8-10-12-14-16-20(22)23/h21H,1-19H2,(H,22,23). The van der Waals surface area contributed by atoms with Crippen LogP contribution in [-0.4, -0.2) is 36.0 Å². The molecule has 0 rings (SSSR count). The molecule has 4 heteroatoms. The third kappa shape index (κ3) is 21.4. The van der Waals surface area contributed by atoms with Crippen molar-refractivity contribution in [3.63, 3.8) is 0 Å². The second-order valence-corrected chi connectivity index (χ2v) is 6.78. The Morgan fingerprint density at radius 1 is 0.583 bits per heavy atom. The van der Waals surface area contributed by atoms with Crippen LogP contribution >= 0.6 is 0 Å². The fraction of sp³-hybridized carbons (Fsp3) is 0.950. The van der Waals surface area contributed by atoms with E-state index in [0.717, 1.165) is 25.9 Å². The highest BCUT2D eigenvalue weighted by atomic mass is 16.5. The summed E-state index contributed by atoms with van der Waals surface area (Å²) in [7, 11) is 0. The third-order valence-electron chi connectivity index (χ3n) is 4.41. The van der Waals surface area contributed by atoms with Crippen LogP contribution < -0.4 is 0 Å². The summed E-state index contributed by atoms with van der Waals surface area (Å²) in [6, 6.07) is 0. The van der Waals surface area contributed by atoms with Gasteiger partial charge in [0.2, 0.25) is 0 Å². The molecule has 0 saturated heterocycles. The van der Waals surface area contributed by atoms with E-state index in [-0.39, 0.29) is 6.61 Å². The van der Waals surface area contributed by atoms with Crippen molar-refractivity contribution in [3.05, 3.63) is 0 Å². The molecule has 0 aromatic heterocycles. The van der Waals surface area contributed by atoms with Crippen molar-refractivity contribution in [3.8, 4) is 0 Å². The number of aliphatic hydroxyl groups excluding tert-OH is 1. The lowest BCUT2D eigenvalue weighted by molar-refractivity contribution is -0.137. The van der Waals surface area contributed by atoms with Gasteiger partial charge in [0.1, 0.15) is 0 Å². The second kappa shape index (κ2) is 20.4. The molecule has 0 atom stereocenters. The Bertz CT molecular complexity index is 256. The minimum Gasteiger partial charge on any atom is -0.481 e. The van der Waals surface area contributed by atoms with Gasteiger partial charge in [-0.25, -0.2) is 0 Å². The molecular formula is C20H40O4. The Balaban J connectivity index is 2.97. The molecule has 144 valence electrons. The van der Waals surface area contributed by atoms with Crippen LogP contribution in [0.15, 0.2) is 0 Å². The first kappa shape index (κ1) is 23.4. The molecule has 0 fully saturated rings. The van der Waals surface area contributed by atoms with Gasteiger partial charge in [0.25, 0.3) is 0 Å². The monoisotopic (exact) mass is 344 g/mol. The number of aliphatic hydroxyl groups is 1. The minimum absolute atomic E-state index is 0.132. The smallest absolute Gasteiger partial charge is 0.303 e. The van der Waals surface area contributed by atoms with E-state index in [4.69, 9.17) is 14.9 Å². The van der Waals surface area contributed by atoms with Crippen molar-refractivity contribution < 1.29 is 19.7 Å². The molecule has 0 aromatic carbocycles. The molecule has 0 spiro atoms. The molecule has 0 radical (unpaired) electrons. The molecule has 0 saturated carbocycles. The zero-order valence-corrected chi connectivity index (χ0v) is 15.6. The maximum atomic E-state index is 10.4. The number of rotatable bonds is 20. The first-order valence-electron chi connectivity index (χ1n) is 10.2. The summed E-state index contributed by atoms with van der Waals surface area (Å²) in [5.74, 6) is -0.665. The van der Waals surface area contributed by atoms with Crippen LogP contribution in [0.3, 0.4) is 0 Å². The lowest BCUT2D eigenvalue weighted by Crippen LogP contribution is -2.00. The number of carboxylic acid groups (broad SMARTS) is 1. The van der Waals surface area contributed by atoms with Crippen LogP contribution in [0.25, 0.3) is 0 Å². The molecular weight excluding hydrogens is 304 g/mol. The van der Waals surface area contributed by atoms with E-state index in [1.165, 1.54) is 77.0 Å². The van der Waals surface area contributed by atoms with Crippen molar-refractivity contribution in [1.82, 2.24) is 0 Å². The van der Waals surface area contributed by atoms with Gasteiger partial charge in [-0.15, -0.1) is 0 Å². The number of hydrogen-bond donors (Lipinski definition) is 2. The summed E-state index contributed by atoms with van der Waals surface area (Å²) < 4.78 is 5.24. The summed E-state index contributed by atoms with van der Waals surface area (Å²) >= 11 is 0. The van der Waals surface area contributed by atoms with Gasteiger partial charge in [-0.3, -0.25) is 4.79 Å². The average Bonchev–Trinajstić information content (AvgIpc) is 2.56. The number of aliphatic carboxylic acids is 1. The summed E-state index contributed by atoms with van der Waals surface area (Å²) in [5, 5.41) is 17.1. The Morgan fingerprint density at radius 3 is 1.33 bits per heavy atom. The summed E-state index contributed by atoms with van der Waals surface area (Å²) in [4.78, 5) is 10.4. The van der Waals surface area contributed by atoms with Crippen LogP contribution in [-0.2, 0) is 9.53 Å². The Morgan fingerprint density at radius 2 is 0.958 bits per heavy atom. The van der Waals surface area contributed by atoms with Crippen LogP contribution in [0.4, 0.5) is 0 Å². The van der Waals surface area contributed by atoms with Crippen LogP contribution in [0.5, 0.6) is 0 Å². The van der Waals surface area contributed by atoms with Gasteiger partial charge in [-0.1, -0.05) is 83.5 Å². The average molecular weight is 345 g/mol. The topological polar surface area (TPSA) is 66.8 Å². The van der Waals surface area contributed by atoms with Gasteiger partial charge in [-0.05, 0) is 12.8 Å².